The Morgan fingerprint density at radius 2 is 2.12 bits per heavy atom. The minimum Gasteiger partial charge on any atom is -0.351 e. The highest BCUT2D eigenvalue weighted by molar-refractivity contribution is 7.89. The second-order valence-corrected chi connectivity index (χ2v) is 8.19. The second kappa shape index (κ2) is 6.60. The topological polar surface area (TPSA) is 102 Å². The molecule has 1 aliphatic rings. The van der Waals surface area contributed by atoms with E-state index >= 15 is 0 Å². The van der Waals surface area contributed by atoms with Gasteiger partial charge in [0.2, 0.25) is 5.91 Å². The van der Waals surface area contributed by atoms with E-state index in [1.54, 1.807) is 4.68 Å². The number of carbonyl (C=O) groups excluding carboxylic acids is 1. The molecular weight excluding hydrogens is 344 g/mol. The molecule has 0 spiro atoms. The summed E-state index contributed by atoms with van der Waals surface area (Å²) in [6, 6.07) is 3.32. The zero-order chi connectivity index (χ0) is 18.2. The second-order valence-electron chi connectivity index (χ2n) is 6.31. The molecule has 0 aromatic carbocycles. The molecule has 1 N–H and O–H groups in total. The quantitative estimate of drug-likeness (QED) is 0.830. The van der Waals surface area contributed by atoms with E-state index in [1.807, 2.05) is 19.9 Å². The number of nitrogens with zero attached hydrogens (tertiary/aromatic N) is 5. The molecule has 9 nitrogen and oxygen atoms in total. The fourth-order valence-electron chi connectivity index (χ4n) is 2.83. The minimum absolute atomic E-state index is 0.0423. The first-order valence-corrected chi connectivity index (χ1v) is 9.56. The van der Waals surface area contributed by atoms with Gasteiger partial charge in [-0.15, -0.1) is 0 Å². The van der Waals surface area contributed by atoms with E-state index in [-0.39, 0.29) is 23.5 Å². The lowest BCUT2D eigenvalue weighted by Gasteiger charge is -2.27. The molecule has 3 heterocycles. The molecule has 0 unspecified atom stereocenters. The third-order valence-corrected chi connectivity index (χ3v) is 5.90. The maximum Gasteiger partial charge on any atom is 0.260 e. The van der Waals surface area contributed by atoms with Gasteiger partial charge in [0.05, 0.1) is 37.2 Å². The van der Waals surface area contributed by atoms with Gasteiger partial charge < -0.3 is 5.32 Å². The number of aromatic nitrogens is 4. The molecule has 0 saturated heterocycles. The van der Waals surface area contributed by atoms with Crippen LogP contribution >= 0.6 is 0 Å². The number of hydrogen-bond donors (Lipinski definition) is 1. The van der Waals surface area contributed by atoms with Crippen molar-refractivity contribution in [3.8, 4) is 0 Å². The zero-order valence-electron chi connectivity index (χ0n) is 14.5. The largest absolute Gasteiger partial charge is 0.351 e. The van der Waals surface area contributed by atoms with Crippen molar-refractivity contribution < 1.29 is 13.2 Å². The third-order valence-electron chi connectivity index (χ3n) is 4.06. The average Bonchev–Trinajstić information content (AvgIpc) is 3.18. The van der Waals surface area contributed by atoms with Gasteiger partial charge in [-0.05, 0) is 26.0 Å². The van der Waals surface area contributed by atoms with Crippen LogP contribution in [-0.2, 0) is 34.5 Å². The summed E-state index contributed by atoms with van der Waals surface area (Å²) in [7, 11) is -3.63. The SMILES string of the molecule is CC(=O)NCc1cc2n(n1)CCN(S(=O)(=O)c1ccnn1C(C)C)C2. The normalized spacial score (nSPS) is 15.4. The predicted octanol–water partition coefficient (Wildman–Crippen LogP) is 0.501. The Labute approximate surface area is 146 Å². The molecule has 2 aromatic rings. The minimum atomic E-state index is -3.63. The van der Waals surface area contributed by atoms with Crippen LogP contribution < -0.4 is 5.32 Å². The fourth-order valence-corrected chi connectivity index (χ4v) is 4.45. The van der Waals surface area contributed by atoms with Crippen molar-refractivity contribution in [2.75, 3.05) is 6.54 Å². The Morgan fingerprint density at radius 3 is 2.80 bits per heavy atom. The van der Waals surface area contributed by atoms with Crippen LogP contribution in [0.25, 0.3) is 0 Å². The summed E-state index contributed by atoms with van der Waals surface area (Å²) in [6.07, 6.45) is 1.51. The Morgan fingerprint density at radius 1 is 1.36 bits per heavy atom. The maximum absolute atomic E-state index is 13.0. The first-order chi connectivity index (χ1) is 11.8. The van der Waals surface area contributed by atoms with Crippen molar-refractivity contribution in [3.05, 3.63) is 29.7 Å². The molecule has 2 aromatic heterocycles. The van der Waals surface area contributed by atoms with Gasteiger partial charge in [0.1, 0.15) is 0 Å². The molecule has 1 aliphatic heterocycles. The summed E-state index contributed by atoms with van der Waals surface area (Å²) in [6.45, 7) is 6.64. The van der Waals surface area contributed by atoms with Gasteiger partial charge in [0.25, 0.3) is 10.0 Å². The number of hydrogen-bond acceptors (Lipinski definition) is 5. The van der Waals surface area contributed by atoms with Crippen LogP contribution in [0.3, 0.4) is 0 Å². The van der Waals surface area contributed by atoms with E-state index in [4.69, 9.17) is 0 Å². The van der Waals surface area contributed by atoms with E-state index in [2.05, 4.69) is 15.5 Å². The van der Waals surface area contributed by atoms with Crippen LogP contribution in [0, 0.1) is 0 Å². The van der Waals surface area contributed by atoms with Crippen molar-refractivity contribution in [1.29, 1.82) is 0 Å². The van der Waals surface area contributed by atoms with E-state index in [9.17, 15) is 13.2 Å². The summed E-state index contributed by atoms with van der Waals surface area (Å²) >= 11 is 0. The highest BCUT2D eigenvalue weighted by atomic mass is 32.2. The van der Waals surface area contributed by atoms with Crippen LogP contribution in [0.1, 0.15) is 38.2 Å². The first kappa shape index (κ1) is 17.6. The molecule has 3 rings (SSSR count). The molecule has 136 valence electrons. The molecule has 0 fully saturated rings. The number of carbonyl (C=O) groups is 1. The lowest BCUT2D eigenvalue weighted by Crippen LogP contribution is -2.39. The molecule has 0 atom stereocenters. The van der Waals surface area contributed by atoms with E-state index < -0.39 is 10.0 Å². The Balaban J connectivity index is 1.82. The number of sulfonamides is 1. The van der Waals surface area contributed by atoms with E-state index in [0.717, 1.165) is 11.4 Å². The van der Waals surface area contributed by atoms with Crippen LogP contribution in [0.2, 0.25) is 0 Å². The van der Waals surface area contributed by atoms with Crippen molar-refractivity contribution in [2.24, 2.45) is 0 Å². The Hall–Kier alpha value is -2.20. The highest BCUT2D eigenvalue weighted by Gasteiger charge is 2.32. The summed E-state index contributed by atoms with van der Waals surface area (Å²) in [5, 5.41) is 11.4. The molecule has 0 bridgehead atoms. The zero-order valence-corrected chi connectivity index (χ0v) is 15.3. The standard InChI is InChI=1S/C15H22N6O3S/c1-11(2)21-15(4-5-17-21)25(23,24)19-6-7-20-14(10-19)8-13(18-20)9-16-12(3)22/h4-5,8,11H,6-7,9-10H2,1-3H3,(H,16,22). The summed E-state index contributed by atoms with van der Waals surface area (Å²) < 4.78 is 30.7. The van der Waals surface area contributed by atoms with Crippen molar-refractivity contribution in [1.82, 2.24) is 29.2 Å². The van der Waals surface area contributed by atoms with Gasteiger partial charge in [-0.1, -0.05) is 0 Å². The number of fused-ring (bicyclic) bond motifs is 1. The third kappa shape index (κ3) is 3.45. The molecule has 0 radical (unpaired) electrons. The van der Waals surface area contributed by atoms with Crippen molar-refractivity contribution in [2.45, 2.75) is 51.5 Å². The Kier molecular flexibility index (Phi) is 4.65. The lowest BCUT2D eigenvalue weighted by atomic mass is 10.3. The monoisotopic (exact) mass is 366 g/mol. The first-order valence-electron chi connectivity index (χ1n) is 8.12. The van der Waals surface area contributed by atoms with Gasteiger partial charge in [0, 0.05) is 19.5 Å². The Bertz CT molecular complexity index is 883. The van der Waals surface area contributed by atoms with Crippen LogP contribution in [0.4, 0.5) is 0 Å². The molecule has 0 saturated carbocycles. The van der Waals surface area contributed by atoms with Gasteiger partial charge in [0.15, 0.2) is 5.03 Å². The van der Waals surface area contributed by atoms with Crippen LogP contribution in [0.15, 0.2) is 23.4 Å². The summed E-state index contributed by atoms with van der Waals surface area (Å²) in [4.78, 5) is 11.0. The molecule has 25 heavy (non-hydrogen) atoms. The number of rotatable bonds is 5. The van der Waals surface area contributed by atoms with Crippen LogP contribution in [0.5, 0.6) is 0 Å². The number of nitrogens with one attached hydrogen (secondary N) is 1. The number of amides is 1. The van der Waals surface area contributed by atoms with Crippen molar-refractivity contribution in [3.63, 3.8) is 0 Å². The summed E-state index contributed by atoms with van der Waals surface area (Å²) in [5.74, 6) is -0.128. The average molecular weight is 366 g/mol. The van der Waals surface area contributed by atoms with E-state index in [0.29, 0.717) is 19.6 Å². The predicted molar refractivity (Wildman–Crippen MR) is 90.0 cm³/mol. The van der Waals surface area contributed by atoms with Gasteiger partial charge >= 0.3 is 0 Å². The fraction of sp³-hybridized carbons (Fsp3) is 0.533. The van der Waals surface area contributed by atoms with E-state index in [1.165, 1.54) is 28.2 Å². The summed E-state index contributed by atoms with van der Waals surface area (Å²) in [5.41, 5.74) is 1.53. The smallest absolute Gasteiger partial charge is 0.260 e. The van der Waals surface area contributed by atoms with Gasteiger partial charge in [-0.3, -0.25) is 14.2 Å². The van der Waals surface area contributed by atoms with Gasteiger partial charge in [-0.25, -0.2) is 8.42 Å². The lowest BCUT2D eigenvalue weighted by molar-refractivity contribution is -0.119. The van der Waals surface area contributed by atoms with Crippen molar-refractivity contribution >= 4 is 15.9 Å². The molecule has 0 aliphatic carbocycles. The molecule has 1 amide bonds. The highest BCUT2D eigenvalue weighted by Crippen LogP contribution is 2.23. The van der Waals surface area contributed by atoms with Crippen LogP contribution in [-0.4, -0.2) is 44.7 Å². The maximum atomic E-state index is 13.0. The molecular formula is C15H22N6O3S. The van der Waals surface area contributed by atoms with Gasteiger partial charge in [-0.2, -0.15) is 14.5 Å². The molecule has 10 heteroatoms.